The summed E-state index contributed by atoms with van der Waals surface area (Å²) in [6.45, 7) is 4.07. The number of hydrogen-bond donors (Lipinski definition) is 2. The van der Waals surface area contributed by atoms with Crippen molar-refractivity contribution < 1.29 is 24.3 Å². The second-order valence-electron chi connectivity index (χ2n) is 5.67. The van der Waals surface area contributed by atoms with E-state index in [1.54, 1.807) is 36.7 Å². The van der Waals surface area contributed by atoms with Crippen molar-refractivity contribution in [1.82, 2.24) is 5.48 Å². The third-order valence-corrected chi connectivity index (χ3v) is 3.91. The van der Waals surface area contributed by atoms with E-state index >= 15 is 0 Å². The van der Waals surface area contributed by atoms with Gasteiger partial charge in [-0.15, -0.1) is 0 Å². The molecule has 2 N–H and O–H groups in total. The van der Waals surface area contributed by atoms with Crippen molar-refractivity contribution in [3.05, 3.63) is 41.5 Å². The second-order valence-corrected chi connectivity index (χ2v) is 5.67. The molecule has 0 saturated carbocycles. The van der Waals surface area contributed by atoms with E-state index in [1.165, 1.54) is 0 Å². The molecule has 0 aliphatic heterocycles. The van der Waals surface area contributed by atoms with E-state index in [4.69, 9.17) is 14.7 Å². The van der Waals surface area contributed by atoms with E-state index in [0.717, 1.165) is 42.4 Å². The molecule has 134 valence electrons. The number of unbranched alkanes of at least 4 members (excludes halogenated alkanes) is 2. The highest BCUT2D eigenvalue weighted by Crippen LogP contribution is 2.39. The summed E-state index contributed by atoms with van der Waals surface area (Å²) in [5, 5.41) is 8.88. The molecular weight excluding hydrogens is 322 g/mol. The Kier molecular flexibility index (Phi) is 6.77. The third-order valence-electron chi connectivity index (χ3n) is 3.91. The zero-order valence-electron chi connectivity index (χ0n) is 14.5. The van der Waals surface area contributed by atoms with E-state index in [9.17, 15) is 9.59 Å². The molecule has 0 atom stereocenters. The monoisotopic (exact) mass is 345 g/mol. The standard InChI is InChI=1S/C19H23NO5/c1-3-5-6-8-13-12-17(25-19(22)24-4-2)15-10-7-9-14(11-16(13)15)18(21)20-23/h7,9-12,23H,3-6,8H2,1-2H3,(H,20,21). The maximum Gasteiger partial charge on any atom is 0.513 e. The lowest BCUT2D eigenvalue weighted by Gasteiger charge is -2.04. The van der Waals surface area contributed by atoms with E-state index < -0.39 is 12.1 Å². The lowest BCUT2D eigenvalue weighted by Crippen LogP contribution is -2.18. The van der Waals surface area contributed by atoms with Crippen LogP contribution in [-0.4, -0.2) is 23.9 Å². The van der Waals surface area contributed by atoms with Gasteiger partial charge < -0.3 is 9.47 Å². The van der Waals surface area contributed by atoms with Crippen LogP contribution in [0.15, 0.2) is 30.3 Å². The van der Waals surface area contributed by atoms with Crippen LogP contribution in [0.5, 0.6) is 5.75 Å². The van der Waals surface area contributed by atoms with Crippen molar-refractivity contribution in [1.29, 1.82) is 0 Å². The quantitative estimate of drug-likeness (QED) is 0.340. The first-order valence-electron chi connectivity index (χ1n) is 8.45. The number of carbonyl (C=O) groups excluding carboxylic acids is 2. The molecule has 0 radical (unpaired) electrons. The van der Waals surface area contributed by atoms with Crippen molar-refractivity contribution >= 4 is 12.1 Å². The number of fused-ring (bicyclic) bond motifs is 1. The SMILES string of the molecule is CCCCCc1cc(OC(=O)OCC)c2cccc(C(=O)NO)cc1-2. The molecule has 25 heavy (non-hydrogen) atoms. The van der Waals surface area contributed by atoms with E-state index in [1.807, 2.05) is 6.07 Å². The van der Waals surface area contributed by atoms with Crippen molar-refractivity contribution in [3.63, 3.8) is 0 Å². The number of ether oxygens (including phenoxy) is 2. The van der Waals surface area contributed by atoms with Crippen LogP contribution in [0.3, 0.4) is 0 Å². The molecule has 2 aliphatic rings. The van der Waals surface area contributed by atoms with Gasteiger partial charge >= 0.3 is 6.16 Å². The maximum atomic E-state index is 11.8. The molecule has 0 bridgehead atoms. The minimum absolute atomic E-state index is 0.232. The molecule has 2 rings (SSSR count). The highest BCUT2D eigenvalue weighted by molar-refractivity contribution is 5.95. The molecule has 6 heteroatoms. The number of carbonyl (C=O) groups is 2. The molecule has 0 heterocycles. The van der Waals surface area contributed by atoms with Gasteiger partial charge in [0.05, 0.1) is 6.61 Å². The minimum atomic E-state index is -0.755. The van der Waals surface area contributed by atoms with Gasteiger partial charge in [0.25, 0.3) is 5.91 Å². The predicted molar refractivity (Wildman–Crippen MR) is 93.2 cm³/mol. The molecule has 0 aromatic carbocycles. The van der Waals surface area contributed by atoms with E-state index in [0.29, 0.717) is 11.3 Å². The van der Waals surface area contributed by atoms with Gasteiger partial charge in [0.1, 0.15) is 5.75 Å². The summed E-state index contributed by atoms with van der Waals surface area (Å²) >= 11 is 0. The van der Waals surface area contributed by atoms with Gasteiger partial charge in [0.2, 0.25) is 0 Å². The lowest BCUT2D eigenvalue weighted by atomic mass is 10.0. The Bertz CT molecular complexity index is 713. The van der Waals surface area contributed by atoms with Crippen LogP contribution >= 0.6 is 0 Å². The van der Waals surface area contributed by atoms with Crippen LogP contribution in [0.1, 0.15) is 49.0 Å². The topological polar surface area (TPSA) is 84.9 Å². The van der Waals surface area contributed by atoms with Crippen LogP contribution in [0.25, 0.3) is 11.1 Å². The van der Waals surface area contributed by atoms with Gasteiger partial charge in [-0.1, -0.05) is 31.9 Å². The summed E-state index contributed by atoms with van der Waals surface area (Å²) < 4.78 is 10.2. The third kappa shape index (κ3) is 4.70. The molecule has 0 aromatic rings. The fraction of sp³-hybridized carbons (Fsp3) is 0.368. The summed E-state index contributed by atoms with van der Waals surface area (Å²) in [5.74, 6) is -0.183. The Morgan fingerprint density at radius 3 is 2.60 bits per heavy atom. The normalized spacial score (nSPS) is 10.5. The summed E-state index contributed by atoms with van der Waals surface area (Å²) in [5.41, 5.74) is 4.49. The number of amides is 1. The van der Waals surface area contributed by atoms with Gasteiger partial charge in [-0.05, 0) is 49.1 Å². The van der Waals surface area contributed by atoms with E-state index in [-0.39, 0.29) is 6.61 Å². The maximum absolute atomic E-state index is 11.8. The Morgan fingerprint density at radius 2 is 1.92 bits per heavy atom. The second kappa shape index (κ2) is 9.03. The highest BCUT2D eigenvalue weighted by atomic mass is 16.7. The van der Waals surface area contributed by atoms with Crippen molar-refractivity contribution in [2.45, 2.75) is 39.5 Å². The van der Waals surface area contributed by atoms with Crippen molar-refractivity contribution in [2.24, 2.45) is 0 Å². The van der Waals surface area contributed by atoms with Gasteiger partial charge in [-0.25, -0.2) is 10.3 Å². The van der Waals surface area contributed by atoms with Crippen LogP contribution < -0.4 is 10.2 Å². The number of hydroxylamine groups is 1. The molecule has 2 aliphatic carbocycles. The summed E-state index contributed by atoms with van der Waals surface area (Å²) in [6, 6.07) is 8.57. The number of hydrogen-bond acceptors (Lipinski definition) is 5. The van der Waals surface area contributed by atoms with E-state index in [2.05, 4.69) is 6.92 Å². The van der Waals surface area contributed by atoms with Crippen LogP contribution in [0, 0.1) is 0 Å². The molecule has 6 nitrogen and oxygen atoms in total. The molecule has 0 spiro atoms. The van der Waals surface area contributed by atoms with Crippen molar-refractivity contribution in [2.75, 3.05) is 6.61 Å². The minimum Gasteiger partial charge on any atom is -0.434 e. The van der Waals surface area contributed by atoms with Gasteiger partial charge in [-0.3, -0.25) is 10.0 Å². The average molecular weight is 345 g/mol. The molecule has 0 aromatic heterocycles. The van der Waals surface area contributed by atoms with Crippen molar-refractivity contribution in [3.8, 4) is 16.9 Å². The molecule has 0 fully saturated rings. The summed E-state index contributed by atoms with van der Waals surface area (Å²) in [4.78, 5) is 23.5. The number of aryl methyl sites for hydroxylation is 1. The summed E-state index contributed by atoms with van der Waals surface area (Å²) in [7, 11) is 0. The Balaban J connectivity index is 2.42. The zero-order valence-corrected chi connectivity index (χ0v) is 14.5. The van der Waals surface area contributed by atoms with Gasteiger partial charge in [0, 0.05) is 11.1 Å². The van der Waals surface area contributed by atoms with Crippen LogP contribution in [0.2, 0.25) is 0 Å². The smallest absolute Gasteiger partial charge is 0.434 e. The van der Waals surface area contributed by atoms with Crippen LogP contribution in [0.4, 0.5) is 4.79 Å². The van der Waals surface area contributed by atoms with Gasteiger partial charge in [-0.2, -0.15) is 0 Å². The largest absolute Gasteiger partial charge is 0.513 e. The highest BCUT2D eigenvalue weighted by Gasteiger charge is 2.20. The average Bonchev–Trinajstić information content (AvgIpc) is 2.78. The fourth-order valence-corrected chi connectivity index (χ4v) is 2.71. The van der Waals surface area contributed by atoms with Crippen LogP contribution in [-0.2, 0) is 11.2 Å². The molecule has 1 amide bonds. The van der Waals surface area contributed by atoms with Gasteiger partial charge in [0.15, 0.2) is 0 Å². The Morgan fingerprint density at radius 1 is 1.12 bits per heavy atom. The summed E-state index contributed by atoms with van der Waals surface area (Å²) in [6.07, 6.45) is 3.23. The Hall–Kier alpha value is -2.60. The number of rotatable bonds is 7. The first kappa shape index (κ1) is 18.7. The number of nitrogens with one attached hydrogen (secondary N) is 1. The zero-order chi connectivity index (χ0) is 18.2. The first-order chi connectivity index (χ1) is 12.1. The Labute approximate surface area is 147 Å². The first-order valence-corrected chi connectivity index (χ1v) is 8.45. The predicted octanol–water partition coefficient (Wildman–Crippen LogP) is 4.18. The fourth-order valence-electron chi connectivity index (χ4n) is 2.71. The molecular formula is C19H23NO5. The molecule has 0 unspecified atom stereocenters. The molecule has 0 saturated heterocycles. The lowest BCUT2D eigenvalue weighted by molar-refractivity contribution is 0.0706.